The van der Waals surface area contributed by atoms with Gasteiger partial charge in [0.2, 0.25) is 0 Å². The van der Waals surface area contributed by atoms with Gasteiger partial charge in [0, 0.05) is 17.7 Å². The molecule has 1 unspecified atom stereocenters. The summed E-state index contributed by atoms with van der Waals surface area (Å²) in [4.78, 5) is 11.5. The Morgan fingerprint density at radius 1 is 1.06 bits per heavy atom. The minimum absolute atomic E-state index is 0.00880. The Morgan fingerprint density at radius 2 is 1.81 bits per heavy atom. The largest absolute Gasteiger partial charge is 0.299 e. The molecule has 1 nitrogen and oxygen atoms in total. The Hall–Kier alpha value is -1.70. The second kappa shape index (κ2) is 3.41. The quantitative estimate of drug-likeness (QED) is 0.710. The summed E-state index contributed by atoms with van der Waals surface area (Å²) >= 11 is 0. The molecule has 0 amide bonds. The number of rotatable bonds is 1. The Labute approximate surface area is 92.9 Å². The highest BCUT2D eigenvalue weighted by Crippen LogP contribution is 2.37. The Kier molecular flexibility index (Phi) is 2.03. The SMILES string of the molecule is O=C1CCC1c1cccc2c(F)cccc12. The maximum atomic E-state index is 13.6. The number of carbonyl (C=O) groups is 1. The molecule has 0 aromatic heterocycles. The van der Waals surface area contributed by atoms with Gasteiger partial charge in [-0.2, -0.15) is 0 Å². The van der Waals surface area contributed by atoms with Crippen LogP contribution in [0.25, 0.3) is 10.8 Å². The van der Waals surface area contributed by atoms with Crippen LogP contribution in [-0.4, -0.2) is 5.78 Å². The smallest absolute Gasteiger partial charge is 0.140 e. The molecule has 1 aliphatic carbocycles. The number of benzene rings is 2. The number of fused-ring (bicyclic) bond motifs is 1. The van der Waals surface area contributed by atoms with E-state index >= 15 is 0 Å². The van der Waals surface area contributed by atoms with Crippen LogP contribution in [0.1, 0.15) is 24.3 Å². The lowest BCUT2D eigenvalue weighted by molar-refractivity contribution is -0.125. The second-order valence-electron chi connectivity index (χ2n) is 4.24. The fourth-order valence-corrected chi connectivity index (χ4v) is 2.34. The van der Waals surface area contributed by atoms with Gasteiger partial charge in [-0.25, -0.2) is 4.39 Å². The number of hydrogen-bond acceptors (Lipinski definition) is 1. The lowest BCUT2D eigenvalue weighted by Gasteiger charge is -2.25. The van der Waals surface area contributed by atoms with Gasteiger partial charge in [-0.1, -0.05) is 30.3 Å². The molecule has 2 aromatic rings. The molecule has 1 fully saturated rings. The van der Waals surface area contributed by atoms with E-state index in [4.69, 9.17) is 0 Å². The summed E-state index contributed by atoms with van der Waals surface area (Å²) in [7, 11) is 0. The van der Waals surface area contributed by atoms with Crippen LogP contribution in [0.3, 0.4) is 0 Å². The fraction of sp³-hybridized carbons (Fsp3) is 0.214. The van der Waals surface area contributed by atoms with Crippen molar-refractivity contribution in [3.05, 3.63) is 47.8 Å². The molecule has 2 aromatic carbocycles. The fourth-order valence-electron chi connectivity index (χ4n) is 2.34. The molecule has 1 saturated carbocycles. The van der Waals surface area contributed by atoms with Crippen LogP contribution in [0.15, 0.2) is 36.4 Å². The van der Waals surface area contributed by atoms with Gasteiger partial charge in [0.1, 0.15) is 11.6 Å². The van der Waals surface area contributed by atoms with E-state index in [0.717, 1.165) is 17.4 Å². The maximum Gasteiger partial charge on any atom is 0.140 e. The normalized spacial score (nSPS) is 19.8. The molecule has 2 heteroatoms. The van der Waals surface area contributed by atoms with E-state index in [-0.39, 0.29) is 17.5 Å². The van der Waals surface area contributed by atoms with Crippen molar-refractivity contribution >= 4 is 16.6 Å². The van der Waals surface area contributed by atoms with Crippen molar-refractivity contribution < 1.29 is 9.18 Å². The summed E-state index contributed by atoms with van der Waals surface area (Å²) in [6, 6.07) is 10.6. The Balaban J connectivity index is 2.25. The average molecular weight is 214 g/mol. The number of Topliss-reactive ketones (excluding diaryl/α,β-unsaturated/α-hetero) is 1. The molecule has 16 heavy (non-hydrogen) atoms. The zero-order valence-electron chi connectivity index (χ0n) is 8.74. The highest BCUT2D eigenvalue weighted by molar-refractivity contribution is 5.97. The average Bonchev–Trinajstić information content (AvgIpc) is 2.29. The van der Waals surface area contributed by atoms with E-state index in [1.165, 1.54) is 6.07 Å². The van der Waals surface area contributed by atoms with E-state index < -0.39 is 0 Å². The third-order valence-corrected chi connectivity index (χ3v) is 3.35. The van der Waals surface area contributed by atoms with E-state index in [0.29, 0.717) is 11.8 Å². The van der Waals surface area contributed by atoms with E-state index in [1.54, 1.807) is 12.1 Å². The molecular formula is C14H11FO. The molecular weight excluding hydrogens is 203 g/mol. The molecule has 80 valence electrons. The first kappa shape index (κ1) is 9.52. The molecule has 0 aliphatic heterocycles. The van der Waals surface area contributed by atoms with E-state index in [9.17, 15) is 9.18 Å². The van der Waals surface area contributed by atoms with Crippen molar-refractivity contribution in [1.29, 1.82) is 0 Å². The van der Waals surface area contributed by atoms with Crippen LogP contribution in [0.4, 0.5) is 4.39 Å². The Morgan fingerprint density at radius 3 is 2.50 bits per heavy atom. The molecule has 0 heterocycles. The van der Waals surface area contributed by atoms with Crippen LogP contribution in [0.5, 0.6) is 0 Å². The predicted octanol–water partition coefficient (Wildman–Crippen LogP) is 3.43. The third kappa shape index (κ3) is 1.26. The monoisotopic (exact) mass is 214 g/mol. The van der Waals surface area contributed by atoms with Crippen LogP contribution < -0.4 is 0 Å². The van der Waals surface area contributed by atoms with Gasteiger partial charge in [0.15, 0.2) is 0 Å². The second-order valence-corrected chi connectivity index (χ2v) is 4.24. The van der Waals surface area contributed by atoms with Gasteiger partial charge < -0.3 is 0 Å². The number of hydrogen-bond donors (Lipinski definition) is 0. The molecule has 0 bridgehead atoms. The summed E-state index contributed by atoms with van der Waals surface area (Å²) in [6.45, 7) is 0. The highest BCUT2D eigenvalue weighted by Gasteiger charge is 2.30. The van der Waals surface area contributed by atoms with Crippen LogP contribution in [0.2, 0.25) is 0 Å². The maximum absolute atomic E-state index is 13.6. The van der Waals surface area contributed by atoms with Crippen molar-refractivity contribution in [2.45, 2.75) is 18.8 Å². The summed E-state index contributed by atoms with van der Waals surface area (Å²) < 4.78 is 13.6. The van der Waals surface area contributed by atoms with E-state index in [2.05, 4.69) is 0 Å². The lowest BCUT2D eigenvalue weighted by atomic mass is 9.77. The highest BCUT2D eigenvalue weighted by atomic mass is 19.1. The van der Waals surface area contributed by atoms with Gasteiger partial charge in [0.25, 0.3) is 0 Å². The minimum atomic E-state index is -0.217. The van der Waals surface area contributed by atoms with Crippen LogP contribution in [-0.2, 0) is 4.79 Å². The zero-order valence-corrected chi connectivity index (χ0v) is 8.74. The Bertz CT molecular complexity index is 574. The molecule has 0 N–H and O–H groups in total. The number of halogens is 1. The third-order valence-electron chi connectivity index (χ3n) is 3.35. The summed E-state index contributed by atoms with van der Waals surface area (Å²) in [5, 5.41) is 1.49. The summed E-state index contributed by atoms with van der Waals surface area (Å²) in [5.74, 6) is 0.0494. The van der Waals surface area contributed by atoms with Crippen LogP contribution in [0, 0.1) is 5.82 Å². The first-order chi connectivity index (χ1) is 7.77. The van der Waals surface area contributed by atoms with Gasteiger partial charge in [0.05, 0.1) is 0 Å². The van der Waals surface area contributed by atoms with Gasteiger partial charge in [-0.15, -0.1) is 0 Å². The van der Waals surface area contributed by atoms with Crippen molar-refractivity contribution in [3.8, 4) is 0 Å². The van der Waals surface area contributed by atoms with Crippen molar-refractivity contribution in [2.24, 2.45) is 0 Å². The lowest BCUT2D eigenvalue weighted by Crippen LogP contribution is -2.23. The molecule has 0 saturated heterocycles. The molecule has 1 atom stereocenters. The minimum Gasteiger partial charge on any atom is -0.299 e. The van der Waals surface area contributed by atoms with Crippen LogP contribution >= 0.6 is 0 Å². The zero-order chi connectivity index (χ0) is 11.1. The first-order valence-corrected chi connectivity index (χ1v) is 5.47. The number of ketones is 1. The molecule has 1 aliphatic rings. The van der Waals surface area contributed by atoms with Crippen molar-refractivity contribution in [1.82, 2.24) is 0 Å². The van der Waals surface area contributed by atoms with Crippen molar-refractivity contribution in [2.75, 3.05) is 0 Å². The topological polar surface area (TPSA) is 17.1 Å². The van der Waals surface area contributed by atoms with Gasteiger partial charge in [-0.3, -0.25) is 4.79 Å². The molecule has 0 spiro atoms. The summed E-state index contributed by atoms with van der Waals surface area (Å²) in [5.41, 5.74) is 0.980. The molecule has 0 radical (unpaired) electrons. The van der Waals surface area contributed by atoms with Crippen molar-refractivity contribution in [3.63, 3.8) is 0 Å². The predicted molar refractivity (Wildman–Crippen MR) is 60.9 cm³/mol. The molecule has 3 rings (SSSR count). The first-order valence-electron chi connectivity index (χ1n) is 5.47. The van der Waals surface area contributed by atoms with Gasteiger partial charge in [-0.05, 0) is 23.4 Å². The van der Waals surface area contributed by atoms with E-state index in [1.807, 2.05) is 18.2 Å². The summed E-state index contributed by atoms with van der Waals surface area (Å²) in [6.07, 6.45) is 1.56. The standard InChI is InChI=1S/C14H11FO/c15-13-6-2-4-9-10(3-1-5-11(9)13)12-7-8-14(12)16/h1-6,12H,7-8H2. The number of carbonyl (C=O) groups excluding carboxylic acids is 1. The van der Waals surface area contributed by atoms with Gasteiger partial charge >= 0.3 is 0 Å².